The molecule has 1 aliphatic carbocycles. The fourth-order valence-corrected chi connectivity index (χ4v) is 3.40. The largest absolute Gasteiger partial charge is 0.383 e. The minimum atomic E-state index is 0.119. The molecule has 0 atom stereocenters. The smallest absolute Gasteiger partial charge is 0.221 e. The van der Waals surface area contributed by atoms with Crippen molar-refractivity contribution in [3.8, 4) is 0 Å². The minimum Gasteiger partial charge on any atom is -0.383 e. The summed E-state index contributed by atoms with van der Waals surface area (Å²) in [5.41, 5.74) is 17.4. The first-order chi connectivity index (χ1) is 12.7. The van der Waals surface area contributed by atoms with E-state index < -0.39 is 0 Å². The normalized spacial score (nSPS) is 13.1. The standard InChI is InChI=1S/C21H21N5/c22-20-16(13-25-21(23)26-20)11-12-24-19-17-7-3-1-5-14(17)9-10-15-6-2-4-8-18(15)19/h1-10,13,19,24H,11-12H2,(H4,22,23,25,26). The van der Waals surface area contributed by atoms with Crippen LogP contribution in [0.15, 0.2) is 54.7 Å². The van der Waals surface area contributed by atoms with Crippen LogP contribution in [-0.4, -0.2) is 16.5 Å². The molecule has 0 radical (unpaired) electrons. The van der Waals surface area contributed by atoms with Gasteiger partial charge in [-0.25, -0.2) is 4.98 Å². The Hall–Kier alpha value is -3.18. The van der Waals surface area contributed by atoms with Crippen molar-refractivity contribution >= 4 is 23.9 Å². The lowest BCUT2D eigenvalue weighted by Crippen LogP contribution is -2.26. The zero-order chi connectivity index (χ0) is 17.9. The highest BCUT2D eigenvalue weighted by atomic mass is 15.0. The number of benzene rings is 2. The van der Waals surface area contributed by atoms with Gasteiger partial charge >= 0.3 is 0 Å². The molecule has 0 saturated carbocycles. The second kappa shape index (κ2) is 6.98. The summed E-state index contributed by atoms with van der Waals surface area (Å²) in [4.78, 5) is 8.07. The van der Waals surface area contributed by atoms with E-state index >= 15 is 0 Å². The number of fused-ring (bicyclic) bond motifs is 2. The van der Waals surface area contributed by atoms with Crippen molar-refractivity contribution in [3.63, 3.8) is 0 Å². The molecule has 0 aliphatic heterocycles. The highest BCUT2D eigenvalue weighted by Crippen LogP contribution is 2.32. The first-order valence-corrected chi connectivity index (χ1v) is 8.68. The number of nitrogens with one attached hydrogen (secondary N) is 1. The fourth-order valence-electron chi connectivity index (χ4n) is 3.40. The summed E-state index contributed by atoms with van der Waals surface area (Å²) in [5, 5.41) is 3.68. The van der Waals surface area contributed by atoms with Gasteiger partial charge < -0.3 is 16.8 Å². The number of anilines is 2. The van der Waals surface area contributed by atoms with Gasteiger partial charge in [-0.1, -0.05) is 60.7 Å². The molecule has 0 bridgehead atoms. The Kier molecular flexibility index (Phi) is 4.37. The summed E-state index contributed by atoms with van der Waals surface area (Å²) in [7, 11) is 0. The molecule has 1 aliphatic rings. The Balaban J connectivity index is 1.60. The molecule has 0 amide bonds. The lowest BCUT2D eigenvalue weighted by atomic mass is 9.94. The summed E-state index contributed by atoms with van der Waals surface area (Å²) in [6.07, 6.45) is 6.81. The van der Waals surface area contributed by atoms with Crippen molar-refractivity contribution in [2.24, 2.45) is 0 Å². The van der Waals surface area contributed by atoms with Crippen LogP contribution in [0.4, 0.5) is 11.8 Å². The van der Waals surface area contributed by atoms with Crippen LogP contribution in [-0.2, 0) is 6.42 Å². The number of hydrogen-bond acceptors (Lipinski definition) is 5. The number of hydrogen-bond donors (Lipinski definition) is 3. The van der Waals surface area contributed by atoms with Crippen LogP contribution in [0, 0.1) is 0 Å². The second-order valence-electron chi connectivity index (χ2n) is 6.37. The van der Waals surface area contributed by atoms with E-state index in [9.17, 15) is 0 Å². The molecule has 1 aromatic heterocycles. The summed E-state index contributed by atoms with van der Waals surface area (Å²) in [6, 6.07) is 17.1. The molecular formula is C21H21N5. The van der Waals surface area contributed by atoms with E-state index in [1.165, 1.54) is 22.3 Å². The first kappa shape index (κ1) is 16.3. The summed E-state index contributed by atoms with van der Waals surface area (Å²) < 4.78 is 0. The minimum absolute atomic E-state index is 0.119. The Morgan fingerprint density at radius 3 is 2.12 bits per heavy atom. The third kappa shape index (κ3) is 3.17. The van der Waals surface area contributed by atoms with Crippen LogP contribution >= 0.6 is 0 Å². The predicted octanol–water partition coefficient (Wildman–Crippen LogP) is 3.05. The first-order valence-electron chi connectivity index (χ1n) is 8.68. The average molecular weight is 343 g/mol. The molecule has 3 aromatic rings. The molecular weight excluding hydrogens is 322 g/mol. The number of nitrogens with zero attached hydrogens (tertiary/aromatic N) is 2. The van der Waals surface area contributed by atoms with Crippen molar-refractivity contribution in [1.82, 2.24) is 15.3 Å². The van der Waals surface area contributed by atoms with Crippen LogP contribution in [0.5, 0.6) is 0 Å². The Morgan fingerprint density at radius 1 is 0.885 bits per heavy atom. The van der Waals surface area contributed by atoms with Gasteiger partial charge in [-0.05, 0) is 28.7 Å². The molecule has 4 rings (SSSR count). The maximum Gasteiger partial charge on any atom is 0.221 e. The molecule has 5 nitrogen and oxygen atoms in total. The quantitative estimate of drug-likeness (QED) is 0.677. The molecule has 0 spiro atoms. The van der Waals surface area contributed by atoms with E-state index in [-0.39, 0.29) is 12.0 Å². The molecule has 0 unspecified atom stereocenters. The maximum absolute atomic E-state index is 5.95. The number of nitrogens with two attached hydrogens (primary N) is 2. The lowest BCUT2D eigenvalue weighted by Gasteiger charge is -2.22. The van der Waals surface area contributed by atoms with Crippen LogP contribution in [0.1, 0.15) is 33.9 Å². The Labute approximate surface area is 152 Å². The zero-order valence-corrected chi connectivity index (χ0v) is 14.4. The van der Waals surface area contributed by atoms with Crippen LogP contribution < -0.4 is 16.8 Å². The molecule has 2 aromatic carbocycles. The molecule has 0 saturated heterocycles. The maximum atomic E-state index is 5.95. The molecule has 5 heteroatoms. The van der Waals surface area contributed by atoms with E-state index in [4.69, 9.17) is 11.5 Å². The topological polar surface area (TPSA) is 89.8 Å². The summed E-state index contributed by atoms with van der Waals surface area (Å²) in [6.45, 7) is 0.755. The number of nitrogen functional groups attached to an aromatic ring is 2. The summed E-state index contributed by atoms with van der Waals surface area (Å²) in [5.74, 6) is 0.652. The van der Waals surface area contributed by atoms with E-state index in [1.807, 2.05) is 0 Å². The van der Waals surface area contributed by atoms with E-state index in [0.29, 0.717) is 5.82 Å². The van der Waals surface area contributed by atoms with Gasteiger partial charge in [0.25, 0.3) is 0 Å². The van der Waals surface area contributed by atoms with Gasteiger partial charge in [0.1, 0.15) is 5.82 Å². The van der Waals surface area contributed by atoms with Crippen molar-refractivity contribution in [2.75, 3.05) is 18.0 Å². The fraction of sp³-hybridized carbons (Fsp3) is 0.143. The van der Waals surface area contributed by atoms with E-state index in [1.54, 1.807) is 6.20 Å². The van der Waals surface area contributed by atoms with Gasteiger partial charge in [-0.3, -0.25) is 0 Å². The molecule has 130 valence electrons. The van der Waals surface area contributed by atoms with E-state index in [2.05, 4.69) is 76.0 Å². The Bertz CT molecular complexity index is 915. The molecule has 1 heterocycles. The third-order valence-electron chi connectivity index (χ3n) is 4.72. The van der Waals surface area contributed by atoms with E-state index in [0.717, 1.165) is 18.5 Å². The van der Waals surface area contributed by atoms with Crippen molar-refractivity contribution in [2.45, 2.75) is 12.5 Å². The van der Waals surface area contributed by atoms with Crippen molar-refractivity contribution in [1.29, 1.82) is 0 Å². The predicted molar refractivity (Wildman–Crippen MR) is 106 cm³/mol. The van der Waals surface area contributed by atoms with Crippen molar-refractivity contribution in [3.05, 3.63) is 82.5 Å². The molecule has 5 N–H and O–H groups in total. The number of rotatable bonds is 4. The van der Waals surface area contributed by atoms with Gasteiger partial charge in [-0.15, -0.1) is 0 Å². The Morgan fingerprint density at radius 2 is 1.50 bits per heavy atom. The lowest BCUT2D eigenvalue weighted by molar-refractivity contribution is 0.604. The SMILES string of the molecule is Nc1ncc(CCNC2c3ccccc3C=Cc3ccccc32)c(N)n1. The molecule has 26 heavy (non-hydrogen) atoms. The summed E-state index contributed by atoms with van der Waals surface area (Å²) >= 11 is 0. The van der Waals surface area contributed by atoms with Gasteiger partial charge in [-0.2, -0.15) is 4.98 Å². The van der Waals surface area contributed by atoms with Crippen LogP contribution in [0.2, 0.25) is 0 Å². The number of aromatic nitrogens is 2. The van der Waals surface area contributed by atoms with Gasteiger partial charge in [0.2, 0.25) is 5.95 Å². The zero-order valence-electron chi connectivity index (χ0n) is 14.4. The third-order valence-corrected chi connectivity index (χ3v) is 4.72. The van der Waals surface area contributed by atoms with Gasteiger partial charge in [0.15, 0.2) is 0 Å². The van der Waals surface area contributed by atoms with Gasteiger partial charge in [0.05, 0.1) is 6.04 Å². The van der Waals surface area contributed by atoms with Crippen LogP contribution in [0.3, 0.4) is 0 Å². The average Bonchev–Trinajstić information content (AvgIpc) is 2.81. The van der Waals surface area contributed by atoms with Crippen LogP contribution in [0.25, 0.3) is 12.2 Å². The van der Waals surface area contributed by atoms with Crippen molar-refractivity contribution < 1.29 is 0 Å². The molecule has 0 fully saturated rings. The highest BCUT2D eigenvalue weighted by Gasteiger charge is 2.20. The monoisotopic (exact) mass is 343 g/mol. The second-order valence-corrected chi connectivity index (χ2v) is 6.37. The highest BCUT2D eigenvalue weighted by molar-refractivity contribution is 5.76. The van der Waals surface area contributed by atoms with Gasteiger partial charge in [0, 0.05) is 18.3 Å².